The molecule has 3 nitrogen and oxygen atoms in total. The van der Waals surface area contributed by atoms with Crippen molar-refractivity contribution in [2.75, 3.05) is 18.0 Å². The summed E-state index contributed by atoms with van der Waals surface area (Å²) >= 11 is 0. The van der Waals surface area contributed by atoms with Gasteiger partial charge in [0.15, 0.2) is 5.78 Å². The summed E-state index contributed by atoms with van der Waals surface area (Å²) in [5.74, 6) is 0.121. The van der Waals surface area contributed by atoms with Crippen molar-refractivity contribution in [2.45, 2.75) is 40.0 Å². The molecule has 0 N–H and O–H groups in total. The molecule has 0 radical (unpaired) electrons. The van der Waals surface area contributed by atoms with Crippen molar-refractivity contribution in [2.24, 2.45) is 0 Å². The molecule has 0 saturated carbocycles. The van der Waals surface area contributed by atoms with Crippen LogP contribution >= 0.6 is 0 Å². The minimum absolute atomic E-state index is 0.121. The first-order valence-corrected chi connectivity index (χ1v) is 8.40. The largest absolute Gasteiger partial charge is 0.371 e. The van der Waals surface area contributed by atoms with E-state index in [2.05, 4.69) is 35.9 Å². The average Bonchev–Trinajstić information content (AvgIpc) is 2.60. The summed E-state index contributed by atoms with van der Waals surface area (Å²) in [5, 5.41) is 0. The third-order valence-electron chi connectivity index (χ3n) is 3.48. The number of benzene rings is 1. The lowest BCUT2D eigenvalue weighted by Crippen LogP contribution is -2.25. The Hall–Kier alpha value is -2.16. The molecule has 1 aromatic carbocycles. The molecular weight excluding hydrogens is 284 g/mol. The highest BCUT2D eigenvalue weighted by Gasteiger charge is 2.03. The van der Waals surface area contributed by atoms with Crippen molar-refractivity contribution in [3.8, 4) is 0 Å². The Bertz CT molecular complexity index is 540. The van der Waals surface area contributed by atoms with E-state index in [1.165, 1.54) is 24.9 Å². The van der Waals surface area contributed by atoms with Gasteiger partial charge in [-0.25, -0.2) is 0 Å². The number of carbonyl (C=O) groups excluding carboxylic acids is 1. The van der Waals surface area contributed by atoms with Gasteiger partial charge in [0.2, 0.25) is 0 Å². The Balaban J connectivity index is 0.000000253. The van der Waals surface area contributed by atoms with Gasteiger partial charge in [0.05, 0.1) is 0 Å². The summed E-state index contributed by atoms with van der Waals surface area (Å²) in [6.45, 7) is 8.32. The van der Waals surface area contributed by atoms with Crippen molar-refractivity contribution in [1.29, 1.82) is 0 Å². The van der Waals surface area contributed by atoms with Gasteiger partial charge in [-0.2, -0.15) is 0 Å². The second-order valence-corrected chi connectivity index (χ2v) is 5.47. The highest BCUT2D eigenvalue weighted by atomic mass is 16.1. The van der Waals surface area contributed by atoms with Gasteiger partial charge in [-0.3, -0.25) is 9.78 Å². The molecule has 0 spiro atoms. The highest BCUT2D eigenvalue weighted by molar-refractivity contribution is 5.93. The van der Waals surface area contributed by atoms with Crippen LogP contribution in [0.1, 0.15) is 50.4 Å². The normalized spacial score (nSPS) is 9.70. The zero-order chi connectivity index (χ0) is 16.9. The minimum atomic E-state index is 0.121. The van der Waals surface area contributed by atoms with Crippen LogP contribution in [0, 0.1) is 0 Å². The van der Waals surface area contributed by atoms with Gasteiger partial charge in [0.25, 0.3) is 0 Å². The van der Waals surface area contributed by atoms with E-state index >= 15 is 0 Å². The van der Waals surface area contributed by atoms with E-state index in [-0.39, 0.29) is 5.78 Å². The molecule has 0 aliphatic carbocycles. The van der Waals surface area contributed by atoms with Crippen molar-refractivity contribution in [3.05, 3.63) is 60.4 Å². The fraction of sp³-hybridized carbons (Fsp3) is 0.400. The van der Waals surface area contributed by atoms with Gasteiger partial charge < -0.3 is 4.90 Å². The zero-order valence-electron chi connectivity index (χ0n) is 14.5. The predicted octanol–water partition coefficient (Wildman–Crippen LogP) is 4.99. The molecular formula is C20H28N2O. The fourth-order valence-corrected chi connectivity index (χ4v) is 2.22. The third kappa shape index (κ3) is 7.59. The van der Waals surface area contributed by atoms with E-state index in [9.17, 15) is 4.79 Å². The second kappa shape index (κ2) is 11.4. The van der Waals surface area contributed by atoms with E-state index in [1.54, 1.807) is 6.92 Å². The number of unbranched alkanes of at least 4 members (excludes halogenated alkanes) is 1. The van der Waals surface area contributed by atoms with Gasteiger partial charge in [-0.15, -0.1) is 0 Å². The number of pyridine rings is 1. The van der Waals surface area contributed by atoms with Gasteiger partial charge in [-0.1, -0.05) is 50.6 Å². The molecule has 2 aromatic rings. The summed E-state index contributed by atoms with van der Waals surface area (Å²) in [5.41, 5.74) is 2.08. The third-order valence-corrected chi connectivity index (χ3v) is 3.48. The summed E-state index contributed by atoms with van der Waals surface area (Å²) in [7, 11) is 0. The number of hydrogen-bond donors (Lipinski definition) is 0. The number of rotatable bonds is 7. The zero-order valence-corrected chi connectivity index (χ0v) is 14.5. The number of nitrogens with zero attached hydrogens (tertiary/aromatic N) is 2. The van der Waals surface area contributed by atoms with E-state index in [0.29, 0.717) is 0 Å². The SMILES string of the molecule is CC(=O)c1ccccc1.CCCCN(CCC)c1ccncc1. The molecule has 0 unspecified atom stereocenters. The van der Waals surface area contributed by atoms with Crippen LogP contribution in [-0.4, -0.2) is 23.9 Å². The smallest absolute Gasteiger partial charge is 0.159 e. The maximum absolute atomic E-state index is 10.6. The van der Waals surface area contributed by atoms with Crippen LogP contribution in [0.15, 0.2) is 54.9 Å². The minimum Gasteiger partial charge on any atom is -0.371 e. The molecule has 0 amide bonds. The molecule has 1 heterocycles. The molecule has 0 atom stereocenters. The van der Waals surface area contributed by atoms with Crippen LogP contribution in [0.4, 0.5) is 5.69 Å². The number of carbonyl (C=O) groups is 1. The molecule has 1 aromatic heterocycles. The van der Waals surface area contributed by atoms with E-state index in [4.69, 9.17) is 0 Å². The van der Waals surface area contributed by atoms with Gasteiger partial charge in [0, 0.05) is 36.7 Å². The fourth-order valence-electron chi connectivity index (χ4n) is 2.22. The van der Waals surface area contributed by atoms with Crippen LogP contribution < -0.4 is 4.90 Å². The number of anilines is 1. The Morgan fingerprint density at radius 2 is 1.61 bits per heavy atom. The number of aromatic nitrogens is 1. The van der Waals surface area contributed by atoms with Gasteiger partial charge in [-0.05, 0) is 31.9 Å². The summed E-state index contributed by atoms with van der Waals surface area (Å²) in [6.07, 6.45) is 7.45. The monoisotopic (exact) mass is 312 g/mol. The van der Waals surface area contributed by atoms with Gasteiger partial charge >= 0.3 is 0 Å². The predicted molar refractivity (Wildman–Crippen MR) is 98.1 cm³/mol. The molecule has 23 heavy (non-hydrogen) atoms. The van der Waals surface area contributed by atoms with E-state index in [1.807, 2.05) is 42.7 Å². The van der Waals surface area contributed by atoms with Crippen molar-refractivity contribution in [1.82, 2.24) is 4.98 Å². The van der Waals surface area contributed by atoms with E-state index in [0.717, 1.165) is 18.7 Å². The number of hydrogen-bond acceptors (Lipinski definition) is 3. The van der Waals surface area contributed by atoms with Crippen LogP contribution in [0.25, 0.3) is 0 Å². The maximum atomic E-state index is 10.6. The molecule has 3 heteroatoms. The lowest BCUT2D eigenvalue weighted by atomic mass is 10.2. The lowest BCUT2D eigenvalue weighted by molar-refractivity contribution is 0.101. The Morgan fingerprint density at radius 3 is 2.09 bits per heavy atom. The molecule has 0 bridgehead atoms. The van der Waals surface area contributed by atoms with Crippen LogP contribution in [0.5, 0.6) is 0 Å². The molecule has 0 fully saturated rings. The molecule has 2 rings (SSSR count). The first-order chi connectivity index (χ1) is 11.2. The summed E-state index contributed by atoms with van der Waals surface area (Å²) < 4.78 is 0. The molecule has 0 aliphatic rings. The number of ketones is 1. The van der Waals surface area contributed by atoms with Gasteiger partial charge in [0.1, 0.15) is 0 Å². The molecule has 0 aliphatic heterocycles. The lowest BCUT2D eigenvalue weighted by Gasteiger charge is -2.23. The Kier molecular flexibility index (Phi) is 9.37. The van der Waals surface area contributed by atoms with E-state index < -0.39 is 0 Å². The van der Waals surface area contributed by atoms with Crippen LogP contribution in [0.2, 0.25) is 0 Å². The average molecular weight is 312 g/mol. The van der Waals surface area contributed by atoms with Crippen LogP contribution in [-0.2, 0) is 0 Å². The molecule has 0 saturated heterocycles. The highest BCUT2D eigenvalue weighted by Crippen LogP contribution is 2.13. The summed E-state index contributed by atoms with van der Waals surface area (Å²) in [6, 6.07) is 13.4. The van der Waals surface area contributed by atoms with Crippen molar-refractivity contribution < 1.29 is 4.79 Å². The number of Topliss-reactive ketones (excluding diaryl/α,β-unsaturated/α-hetero) is 1. The summed E-state index contributed by atoms with van der Waals surface area (Å²) in [4.78, 5) is 17.1. The van der Waals surface area contributed by atoms with Crippen LogP contribution in [0.3, 0.4) is 0 Å². The molecule has 124 valence electrons. The first-order valence-electron chi connectivity index (χ1n) is 8.40. The second-order valence-electron chi connectivity index (χ2n) is 5.47. The quantitative estimate of drug-likeness (QED) is 0.675. The maximum Gasteiger partial charge on any atom is 0.159 e. The topological polar surface area (TPSA) is 33.2 Å². The standard InChI is InChI=1S/C12H20N2.C8H8O/c1-3-5-11-14(10-4-2)12-6-8-13-9-7-12;1-7(9)8-5-3-2-4-6-8/h6-9H,3-5,10-11H2,1-2H3;2-6H,1H3. The van der Waals surface area contributed by atoms with Crippen molar-refractivity contribution in [3.63, 3.8) is 0 Å². The Morgan fingerprint density at radius 1 is 0.957 bits per heavy atom. The Labute approximate surface area is 140 Å². The van der Waals surface area contributed by atoms with Crippen molar-refractivity contribution >= 4 is 11.5 Å². The first kappa shape index (κ1) is 18.9.